The number of ether oxygens (including phenoxy) is 1. The van der Waals surface area contributed by atoms with Crippen molar-refractivity contribution in [1.82, 2.24) is 0 Å². The third-order valence-corrected chi connectivity index (χ3v) is 5.70. The molecule has 4 nitrogen and oxygen atoms in total. The predicted octanol–water partition coefficient (Wildman–Crippen LogP) is 4.94. The molecule has 3 rings (SSSR count). The van der Waals surface area contributed by atoms with E-state index in [1.165, 1.54) is 6.92 Å². The van der Waals surface area contributed by atoms with Crippen LogP contribution in [0.4, 0.5) is 0 Å². The molecule has 3 atom stereocenters. The summed E-state index contributed by atoms with van der Waals surface area (Å²) in [5.41, 5.74) is 1.23. The molecule has 2 aromatic carbocycles. The van der Waals surface area contributed by atoms with Gasteiger partial charge in [-0.3, -0.25) is 14.4 Å². The number of hydrogen-bond acceptors (Lipinski definition) is 4. The SMILES string of the molecule is CC(=O)[C@@H]1C(=O)Oc2ccc(Br)cc2[C@H]1[C@H](C)C(=O)c1ccc(Br)cc1. The van der Waals surface area contributed by atoms with Crippen LogP contribution >= 0.6 is 31.9 Å². The van der Waals surface area contributed by atoms with Crippen LogP contribution in [0.2, 0.25) is 0 Å². The molecule has 1 aliphatic heterocycles. The Balaban J connectivity index is 2.07. The lowest BCUT2D eigenvalue weighted by Crippen LogP contribution is -2.40. The number of esters is 1. The van der Waals surface area contributed by atoms with E-state index in [2.05, 4.69) is 31.9 Å². The Morgan fingerprint density at radius 2 is 1.65 bits per heavy atom. The van der Waals surface area contributed by atoms with E-state index in [0.717, 1.165) is 8.95 Å². The van der Waals surface area contributed by atoms with E-state index < -0.39 is 23.7 Å². The number of hydrogen-bond donors (Lipinski definition) is 0. The van der Waals surface area contributed by atoms with E-state index >= 15 is 0 Å². The van der Waals surface area contributed by atoms with Crippen LogP contribution in [0.3, 0.4) is 0 Å². The molecule has 26 heavy (non-hydrogen) atoms. The van der Waals surface area contributed by atoms with Crippen molar-refractivity contribution in [2.24, 2.45) is 11.8 Å². The van der Waals surface area contributed by atoms with Gasteiger partial charge in [0.1, 0.15) is 17.5 Å². The maximum absolute atomic E-state index is 13.0. The molecule has 0 N–H and O–H groups in total. The highest BCUT2D eigenvalue weighted by atomic mass is 79.9. The summed E-state index contributed by atoms with van der Waals surface area (Å²) in [5.74, 6) is -2.76. The Kier molecular flexibility index (Phi) is 5.44. The zero-order valence-electron chi connectivity index (χ0n) is 14.2. The summed E-state index contributed by atoms with van der Waals surface area (Å²) in [6.07, 6.45) is 0. The summed E-state index contributed by atoms with van der Waals surface area (Å²) in [6.45, 7) is 3.12. The number of carbonyl (C=O) groups excluding carboxylic acids is 3. The number of rotatable bonds is 4. The second kappa shape index (κ2) is 7.45. The van der Waals surface area contributed by atoms with E-state index in [-0.39, 0.29) is 11.6 Å². The van der Waals surface area contributed by atoms with Crippen LogP contribution in [-0.2, 0) is 9.59 Å². The molecule has 6 heteroatoms. The van der Waals surface area contributed by atoms with Gasteiger partial charge in [-0.1, -0.05) is 50.9 Å². The average molecular weight is 480 g/mol. The summed E-state index contributed by atoms with van der Waals surface area (Å²) in [5, 5.41) is 0. The summed E-state index contributed by atoms with van der Waals surface area (Å²) >= 11 is 6.77. The molecule has 0 fully saturated rings. The average Bonchev–Trinajstić information content (AvgIpc) is 2.60. The molecule has 0 saturated heterocycles. The Labute approximate surface area is 168 Å². The van der Waals surface area contributed by atoms with Crippen molar-refractivity contribution >= 4 is 49.4 Å². The summed E-state index contributed by atoms with van der Waals surface area (Å²) < 4.78 is 7.01. The molecule has 0 bridgehead atoms. The zero-order chi connectivity index (χ0) is 19.0. The topological polar surface area (TPSA) is 60.4 Å². The normalized spacial score (nSPS) is 20.1. The highest BCUT2D eigenvalue weighted by Crippen LogP contribution is 2.44. The lowest BCUT2D eigenvalue weighted by atomic mass is 9.72. The van der Waals surface area contributed by atoms with Crippen molar-refractivity contribution in [3.8, 4) is 5.75 Å². The van der Waals surface area contributed by atoms with Gasteiger partial charge in [-0.15, -0.1) is 0 Å². The smallest absolute Gasteiger partial charge is 0.322 e. The van der Waals surface area contributed by atoms with Crippen molar-refractivity contribution in [1.29, 1.82) is 0 Å². The molecule has 1 heterocycles. The first-order valence-corrected chi connectivity index (χ1v) is 9.69. The van der Waals surface area contributed by atoms with Gasteiger partial charge in [-0.25, -0.2) is 0 Å². The standard InChI is InChI=1S/C20H16Br2O4/c1-10(19(24)12-3-5-13(21)6-4-12)17-15-9-14(22)7-8-16(15)26-20(25)18(17)11(2)23/h3-10,17-18H,1-2H3/t10-,17+,18-/m0/s1. The first-order chi connectivity index (χ1) is 12.3. The largest absolute Gasteiger partial charge is 0.426 e. The minimum absolute atomic E-state index is 0.116. The van der Waals surface area contributed by atoms with Crippen molar-refractivity contribution in [2.45, 2.75) is 19.8 Å². The molecular formula is C20H16Br2O4. The van der Waals surface area contributed by atoms with Crippen LogP contribution < -0.4 is 4.74 Å². The number of carbonyl (C=O) groups is 3. The van der Waals surface area contributed by atoms with Gasteiger partial charge in [0.2, 0.25) is 0 Å². The molecule has 0 spiro atoms. The molecule has 1 aliphatic rings. The number of fused-ring (bicyclic) bond motifs is 1. The molecule has 0 saturated carbocycles. The Bertz CT molecular complexity index is 889. The van der Waals surface area contributed by atoms with E-state index in [1.807, 2.05) is 6.07 Å². The summed E-state index contributed by atoms with van der Waals surface area (Å²) in [7, 11) is 0. The fourth-order valence-electron chi connectivity index (χ4n) is 3.39. The van der Waals surface area contributed by atoms with Crippen LogP contribution in [-0.4, -0.2) is 17.5 Å². The quantitative estimate of drug-likeness (QED) is 0.270. The van der Waals surface area contributed by atoms with E-state index in [9.17, 15) is 14.4 Å². The van der Waals surface area contributed by atoms with Crippen LogP contribution in [0, 0.1) is 11.8 Å². The molecule has 0 aliphatic carbocycles. The van der Waals surface area contributed by atoms with Gasteiger partial charge >= 0.3 is 5.97 Å². The second-order valence-electron chi connectivity index (χ2n) is 6.38. The summed E-state index contributed by atoms with van der Waals surface area (Å²) in [6, 6.07) is 12.3. The van der Waals surface area contributed by atoms with Crippen molar-refractivity contribution in [3.05, 3.63) is 62.5 Å². The monoisotopic (exact) mass is 478 g/mol. The molecule has 2 aromatic rings. The lowest BCUT2D eigenvalue weighted by Gasteiger charge is -2.34. The van der Waals surface area contributed by atoms with E-state index in [4.69, 9.17) is 4.74 Å². The van der Waals surface area contributed by atoms with Gasteiger partial charge in [0, 0.05) is 31.9 Å². The lowest BCUT2D eigenvalue weighted by molar-refractivity contribution is -0.146. The first kappa shape index (κ1) is 19.0. The molecule has 0 radical (unpaired) electrons. The van der Waals surface area contributed by atoms with Crippen molar-refractivity contribution in [3.63, 3.8) is 0 Å². The van der Waals surface area contributed by atoms with Crippen LogP contribution in [0.25, 0.3) is 0 Å². The molecular weight excluding hydrogens is 464 g/mol. The van der Waals surface area contributed by atoms with Gasteiger partial charge < -0.3 is 4.74 Å². The van der Waals surface area contributed by atoms with Gasteiger partial charge in [-0.05, 0) is 37.3 Å². The molecule has 0 unspecified atom stereocenters. The maximum atomic E-state index is 13.0. The Morgan fingerprint density at radius 1 is 1.04 bits per heavy atom. The third-order valence-electron chi connectivity index (χ3n) is 4.67. The minimum atomic E-state index is -0.994. The minimum Gasteiger partial charge on any atom is -0.426 e. The van der Waals surface area contributed by atoms with Crippen molar-refractivity contribution < 1.29 is 19.1 Å². The third kappa shape index (κ3) is 3.53. The van der Waals surface area contributed by atoms with Gasteiger partial charge in [-0.2, -0.15) is 0 Å². The van der Waals surface area contributed by atoms with E-state index in [0.29, 0.717) is 16.9 Å². The molecule has 0 aromatic heterocycles. The Hall–Kier alpha value is -1.79. The first-order valence-electron chi connectivity index (χ1n) is 8.11. The van der Waals surface area contributed by atoms with Crippen molar-refractivity contribution in [2.75, 3.05) is 0 Å². The zero-order valence-corrected chi connectivity index (χ0v) is 17.3. The fourth-order valence-corrected chi connectivity index (χ4v) is 4.03. The van der Waals surface area contributed by atoms with Gasteiger partial charge in [0.15, 0.2) is 5.78 Å². The van der Waals surface area contributed by atoms with Crippen LogP contribution in [0.15, 0.2) is 51.4 Å². The number of halogens is 2. The van der Waals surface area contributed by atoms with Gasteiger partial charge in [0.05, 0.1) is 0 Å². The number of Topliss-reactive ketones (excluding diaryl/α,β-unsaturated/α-hetero) is 2. The summed E-state index contributed by atoms with van der Waals surface area (Å²) in [4.78, 5) is 37.7. The van der Waals surface area contributed by atoms with E-state index in [1.54, 1.807) is 43.3 Å². The fraction of sp³-hybridized carbons (Fsp3) is 0.250. The molecule has 0 amide bonds. The highest BCUT2D eigenvalue weighted by molar-refractivity contribution is 9.10. The predicted molar refractivity (Wildman–Crippen MR) is 104 cm³/mol. The van der Waals surface area contributed by atoms with Crippen LogP contribution in [0.1, 0.15) is 35.7 Å². The highest BCUT2D eigenvalue weighted by Gasteiger charge is 2.45. The van der Waals surface area contributed by atoms with Gasteiger partial charge in [0.25, 0.3) is 0 Å². The van der Waals surface area contributed by atoms with Crippen LogP contribution in [0.5, 0.6) is 5.75 Å². The number of benzene rings is 2. The number of ketones is 2. The molecule has 134 valence electrons. The Morgan fingerprint density at radius 3 is 2.27 bits per heavy atom. The second-order valence-corrected chi connectivity index (χ2v) is 8.21. The maximum Gasteiger partial charge on any atom is 0.322 e.